The van der Waals surface area contributed by atoms with Crippen molar-refractivity contribution in [1.29, 1.82) is 0 Å². The number of para-hydroxylation sites is 1. The van der Waals surface area contributed by atoms with Crippen LogP contribution >= 0.6 is 0 Å². The Kier molecular flexibility index (Phi) is 2.44. The van der Waals surface area contributed by atoms with Gasteiger partial charge in [-0.15, -0.1) is 0 Å². The second-order valence-corrected chi connectivity index (χ2v) is 4.29. The van der Waals surface area contributed by atoms with Gasteiger partial charge in [0, 0.05) is 24.6 Å². The zero-order valence-corrected chi connectivity index (χ0v) is 9.52. The predicted octanol–water partition coefficient (Wildman–Crippen LogP) is 2.61. The number of aromatic amines is 1. The van der Waals surface area contributed by atoms with Crippen LogP contribution in [0, 0.1) is 0 Å². The standard InChI is InChI=1S/C14H14N2O/c17-14(12-7-8-15-10-12)16-9-3-5-11-4-1-2-6-13(11)16/h1-2,4,6-8,10,15H,3,5,9H2. The summed E-state index contributed by atoms with van der Waals surface area (Å²) in [5.41, 5.74) is 3.05. The highest BCUT2D eigenvalue weighted by Gasteiger charge is 2.23. The molecule has 1 aliphatic rings. The highest BCUT2D eigenvalue weighted by atomic mass is 16.2. The van der Waals surface area contributed by atoms with Crippen LogP contribution in [-0.2, 0) is 6.42 Å². The van der Waals surface area contributed by atoms with Gasteiger partial charge < -0.3 is 9.88 Å². The maximum absolute atomic E-state index is 12.3. The predicted molar refractivity (Wildman–Crippen MR) is 67.2 cm³/mol. The van der Waals surface area contributed by atoms with Crippen molar-refractivity contribution in [2.45, 2.75) is 12.8 Å². The fourth-order valence-electron chi connectivity index (χ4n) is 2.36. The summed E-state index contributed by atoms with van der Waals surface area (Å²) < 4.78 is 0. The Balaban J connectivity index is 1.98. The molecule has 1 N–H and O–H groups in total. The van der Waals surface area contributed by atoms with Gasteiger partial charge in [-0.2, -0.15) is 0 Å². The van der Waals surface area contributed by atoms with Crippen molar-refractivity contribution in [2.24, 2.45) is 0 Å². The molecular formula is C14H14N2O. The number of amides is 1. The summed E-state index contributed by atoms with van der Waals surface area (Å²) in [5.74, 6) is 0.0819. The van der Waals surface area contributed by atoms with E-state index in [1.807, 2.05) is 29.2 Å². The Morgan fingerprint density at radius 2 is 2.12 bits per heavy atom. The lowest BCUT2D eigenvalue weighted by Gasteiger charge is -2.29. The van der Waals surface area contributed by atoms with Crippen molar-refractivity contribution in [2.75, 3.05) is 11.4 Å². The summed E-state index contributed by atoms with van der Waals surface area (Å²) in [4.78, 5) is 17.1. The van der Waals surface area contributed by atoms with E-state index in [2.05, 4.69) is 11.1 Å². The van der Waals surface area contributed by atoms with Crippen LogP contribution in [0.25, 0.3) is 0 Å². The molecule has 86 valence electrons. The topological polar surface area (TPSA) is 36.1 Å². The first kappa shape index (κ1) is 10.1. The zero-order valence-electron chi connectivity index (χ0n) is 9.52. The summed E-state index contributed by atoms with van der Waals surface area (Å²) >= 11 is 0. The van der Waals surface area contributed by atoms with Gasteiger partial charge in [-0.05, 0) is 30.5 Å². The number of carbonyl (C=O) groups excluding carboxylic acids is 1. The normalized spacial score (nSPS) is 14.5. The zero-order chi connectivity index (χ0) is 11.7. The second-order valence-electron chi connectivity index (χ2n) is 4.29. The van der Waals surface area contributed by atoms with Gasteiger partial charge in [0.15, 0.2) is 0 Å². The minimum absolute atomic E-state index is 0.0819. The van der Waals surface area contributed by atoms with Crippen LogP contribution in [0.2, 0.25) is 0 Å². The smallest absolute Gasteiger partial charge is 0.259 e. The van der Waals surface area contributed by atoms with Gasteiger partial charge in [0.05, 0.1) is 5.56 Å². The molecule has 0 saturated carbocycles. The summed E-state index contributed by atoms with van der Waals surface area (Å²) in [6.45, 7) is 0.807. The molecule has 0 atom stereocenters. The number of hydrogen-bond donors (Lipinski definition) is 1. The van der Waals surface area contributed by atoms with Gasteiger partial charge in [0.1, 0.15) is 0 Å². The number of benzene rings is 1. The number of hydrogen-bond acceptors (Lipinski definition) is 1. The van der Waals surface area contributed by atoms with Crippen molar-refractivity contribution < 1.29 is 4.79 Å². The number of H-pyrrole nitrogens is 1. The molecule has 0 spiro atoms. The van der Waals surface area contributed by atoms with Gasteiger partial charge in [0.25, 0.3) is 5.91 Å². The van der Waals surface area contributed by atoms with E-state index in [0.29, 0.717) is 0 Å². The molecule has 2 aromatic rings. The number of fused-ring (bicyclic) bond motifs is 1. The molecule has 17 heavy (non-hydrogen) atoms. The third-order valence-corrected chi connectivity index (χ3v) is 3.20. The first-order valence-electron chi connectivity index (χ1n) is 5.89. The highest BCUT2D eigenvalue weighted by Crippen LogP contribution is 2.27. The van der Waals surface area contributed by atoms with E-state index in [1.54, 1.807) is 12.4 Å². The van der Waals surface area contributed by atoms with Crippen molar-refractivity contribution in [3.63, 3.8) is 0 Å². The molecule has 3 nitrogen and oxygen atoms in total. The van der Waals surface area contributed by atoms with Gasteiger partial charge >= 0.3 is 0 Å². The summed E-state index contributed by atoms with van der Waals surface area (Å²) in [6, 6.07) is 9.97. The quantitative estimate of drug-likeness (QED) is 0.797. The SMILES string of the molecule is O=C(c1cc[nH]c1)N1CCCc2ccccc21. The van der Waals surface area contributed by atoms with Crippen molar-refractivity contribution >= 4 is 11.6 Å². The van der Waals surface area contributed by atoms with Crippen LogP contribution in [0.15, 0.2) is 42.7 Å². The van der Waals surface area contributed by atoms with Crippen molar-refractivity contribution in [3.8, 4) is 0 Å². The van der Waals surface area contributed by atoms with Crippen LogP contribution in [0.5, 0.6) is 0 Å². The average molecular weight is 226 g/mol. The minimum Gasteiger partial charge on any atom is -0.367 e. The van der Waals surface area contributed by atoms with Crippen LogP contribution in [0.1, 0.15) is 22.3 Å². The van der Waals surface area contributed by atoms with E-state index in [4.69, 9.17) is 0 Å². The summed E-state index contributed by atoms with van der Waals surface area (Å²) in [5, 5.41) is 0. The van der Waals surface area contributed by atoms with Gasteiger partial charge in [-0.25, -0.2) is 0 Å². The van der Waals surface area contributed by atoms with E-state index < -0.39 is 0 Å². The van der Waals surface area contributed by atoms with E-state index in [0.717, 1.165) is 30.6 Å². The Bertz CT molecular complexity index is 531. The van der Waals surface area contributed by atoms with Crippen molar-refractivity contribution in [3.05, 3.63) is 53.9 Å². The molecule has 0 aliphatic carbocycles. The fourth-order valence-corrected chi connectivity index (χ4v) is 2.36. The molecule has 1 aromatic carbocycles. The summed E-state index contributed by atoms with van der Waals surface area (Å²) in [7, 11) is 0. The first-order chi connectivity index (χ1) is 8.36. The molecule has 3 heteroatoms. The number of aryl methyl sites for hydroxylation is 1. The maximum atomic E-state index is 12.3. The molecule has 0 bridgehead atoms. The molecule has 0 unspecified atom stereocenters. The van der Waals surface area contributed by atoms with Crippen molar-refractivity contribution in [1.82, 2.24) is 4.98 Å². The first-order valence-corrected chi connectivity index (χ1v) is 5.89. The fraction of sp³-hybridized carbons (Fsp3) is 0.214. The minimum atomic E-state index is 0.0819. The van der Waals surface area contributed by atoms with Crippen LogP contribution < -0.4 is 4.90 Å². The van der Waals surface area contributed by atoms with Crippen LogP contribution in [0.4, 0.5) is 5.69 Å². The van der Waals surface area contributed by atoms with Gasteiger partial charge in [-0.3, -0.25) is 4.79 Å². The Morgan fingerprint density at radius 3 is 2.94 bits per heavy atom. The molecule has 1 aromatic heterocycles. The molecule has 0 fully saturated rings. The molecule has 1 amide bonds. The monoisotopic (exact) mass is 226 g/mol. The molecule has 0 saturated heterocycles. The van der Waals surface area contributed by atoms with Gasteiger partial charge in [-0.1, -0.05) is 18.2 Å². The molecule has 0 radical (unpaired) electrons. The van der Waals surface area contributed by atoms with Crippen LogP contribution in [0.3, 0.4) is 0 Å². The lowest BCUT2D eigenvalue weighted by molar-refractivity contribution is 0.0985. The van der Waals surface area contributed by atoms with E-state index in [1.165, 1.54) is 5.56 Å². The van der Waals surface area contributed by atoms with E-state index in [-0.39, 0.29) is 5.91 Å². The lowest BCUT2D eigenvalue weighted by Crippen LogP contribution is -2.35. The number of aromatic nitrogens is 1. The number of anilines is 1. The molecule has 3 rings (SSSR count). The number of nitrogens with zero attached hydrogens (tertiary/aromatic N) is 1. The van der Waals surface area contributed by atoms with Crippen LogP contribution in [-0.4, -0.2) is 17.4 Å². The van der Waals surface area contributed by atoms with E-state index >= 15 is 0 Å². The highest BCUT2D eigenvalue weighted by molar-refractivity contribution is 6.06. The Hall–Kier alpha value is -2.03. The Morgan fingerprint density at radius 1 is 1.24 bits per heavy atom. The Labute approximate surface area is 100 Å². The largest absolute Gasteiger partial charge is 0.367 e. The third kappa shape index (κ3) is 1.73. The lowest BCUT2D eigenvalue weighted by atomic mass is 10.0. The molecule has 2 heterocycles. The number of nitrogens with one attached hydrogen (secondary N) is 1. The third-order valence-electron chi connectivity index (χ3n) is 3.20. The number of rotatable bonds is 1. The van der Waals surface area contributed by atoms with E-state index in [9.17, 15) is 4.79 Å². The maximum Gasteiger partial charge on any atom is 0.259 e. The second kappa shape index (κ2) is 4.09. The number of carbonyl (C=O) groups is 1. The summed E-state index contributed by atoms with van der Waals surface area (Å²) in [6.07, 6.45) is 5.63. The average Bonchev–Trinajstić information content (AvgIpc) is 2.91. The molecular weight excluding hydrogens is 212 g/mol. The van der Waals surface area contributed by atoms with Gasteiger partial charge in [0.2, 0.25) is 0 Å². The molecule has 1 aliphatic heterocycles.